The molecule has 1 unspecified atom stereocenters. The monoisotopic (exact) mass is 1130 g/mol. The number of hydrogen-bond donors (Lipinski definition) is 0. The summed E-state index contributed by atoms with van der Waals surface area (Å²) in [4.78, 5) is 38.5. The van der Waals surface area contributed by atoms with Crippen LogP contribution in [-0.4, -0.2) is 37.2 Å². The van der Waals surface area contributed by atoms with Crippen molar-refractivity contribution >= 4 is 17.9 Å². The van der Waals surface area contributed by atoms with Gasteiger partial charge in [-0.15, -0.1) is 0 Å². The molecule has 0 saturated carbocycles. The Morgan fingerprint density at radius 3 is 0.765 bits per heavy atom. The number of hydrogen-bond acceptors (Lipinski definition) is 6. The smallest absolute Gasteiger partial charge is 0.306 e. The first kappa shape index (κ1) is 77.3. The average Bonchev–Trinajstić information content (AvgIpc) is 3.47. The maximum atomic E-state index is 12.9. The number of rotatable bonds is 63. The van der Waals surface area contributed by atoms with Crippen molar-refractivity contribution < 1.29 is 28.6 Å². The minimum atomic E-state index is -0.798. The zero-order valence-electron chi connectivity index (χ0n) is 53.5. The Bertz CT molecular complexity index is 1580. The van der Waals surface area contributed by atoms with Gasteiger partial charge >= 0.3 is 17.9 Å². The summed E-state index contributed by atoms with van der Waals surface area (Å²) in [6, 6.07) is 0. The van der Waals surface area contributed by atoms with E-state index in [-0.39, 0.29) is 37.5 Å². The summed E-state index contributed by atoms with van der Waals surface area (Å²) in [5.74, 6) is -0.910. The third-order valence-corrected chi connectivity index (χ3v) is 15.1. The highest BCUT2D eigenvalue weighted by atomic mass is 16.6. The SMILES string of the molecule is CC/C=C\C/C=C\C/C=C\C/C=C\C/C=C\CCCCCC(=O)OC(COC(=O)CCCCCCCCCCCC/C=C\C/C=C\C/C=C\CCCCCCC)COC(=O)CCCCCCCCCCCCCCCCCCCCC. The zero-order valence-corrected chi connectivity index (χ0v) is 53.5. The fourth-order valence-corrected chi connectivity index (χ4v) is 9.89. The van der Waals surface area contributed by atoms with Crippen molar-refractivity contribution in [2.75, 3.05) is 13.2 Å². The number of carbonyl (C=O) groups excluding carboxylic acids is 3. The average molecular weight is 1130 g/mol. The van der Waals surface area contributed by atoms with E-state index in [1.54, 1.807) is 0 Å². The standard InChI is InChI=1S/C75H130O6/c1-4-7-10-13-16-19-22-25-28-31-34-35-36-37-38-39-42-44-47-50-53-56-59-62-65-68-74(77)80-71-72(81-75(78)69-66-63-60-57-54-51-48-45-41-33-30-27-24-21-18-15-12-9-6-3)70-79-73(76)67-64-61-58-55-52-49-46-43-40-32-29-26-23-20-17-14-11-8-5-2/h9,12,18,21-22,25,27,30-31,34,36-37,41,45,51,54,72H,4-8,10-11,13-17,19-20,23-24,26,28-29,32-33,35,38-40,42-44,46-50,52-53,55-71H2,1-3H3/b12-9-,21-18-,25-22-,30-27-,34-31-,37-36-,45-41-,54-51-. The molecule has 0 amide bonds. The van der Waals surface area contributed by atoms with Crippen LogP contribution >= 0.6 is 0 Å². The Balaban J connectivity index is 4.40. The summed E-state index contributed by atoms with van der Waals surface area (Å²) in [5, 5.41) is 0. The Morgan fingerprint density at radius 2 is 0.481 bits per heavy atom. The molecule has 81 heavy (non-hydrogen) atoms. The van der Waals surface area contributed by atoms with E-state index in [4.69, 9.17) is 14.2 Å². The number of esters is 3. The van der Waals surface area contributed by atoms with Crippen LogP contribution in [0.4, 0.5) is 0 Å². The van der Waals surface area contributed by atoms with Crippen LogP contribution in [0.3, 0.4) is 0 Å². The molecule has 0 heterocycles. The molecule has 0 aromatic rings. The van der Waals surface area contributed by atoms with Crippen LogP contribution in [0, 0.1) is 0 Å². The predicted molar refractivity (Wildman–Crippen MR) is 353 cm³/mol. The topological polar surface area (TPSA) is 78.9 Å². The molecule has 0 radical (unpaired) electrons. The summed E-state index contributed by atoms with van der Waals surface area (Å²) in [7, 11) is 0. The van der Waals surface area contributed by atoms with Crippen molar-refractivity contribution in [3.8, 4) is 0 Å². The van der Waals surface area contributed by atoms with Crippen molar-refractivity contribution in [1.82, 2.24) is 0 Å². The Morgan fingerprint density at radius 1 is 0.259 bits per heavy atom. The first-order chi connectivity index (χ1) is 40.0. The van der Waals surface area contributed by atoms with Gasteiger partial charge < -0.3 is 14.2 Å². The van der Waals surface area contributed by atoms with Gasteiger partial charge in [0.1, 0.15) is 13.2 Å². The van der Waals surface area contributed by atoms with Crippen molar-refractivity contribution in [3.63, 3.8) is 0 Å². The second kappa shape index (κ2) is 68.8. The van der Waals surface area contributed by atoms with Gasteiger partial charge in [-0.2, -0.15) is 0 Å². The highest BCUT2D eigenvalue weighted by Gasteiger charge is 2.19. The second-order valence-electron chi connectivity index (χ2n) is 23.1. The number of carbonyl (C=O) groups is 3. The van der Waals surface area contributed by atoms with E-state index >= 15 is 0 Å². The van der Waals surface area contributed by atoms with Gasteiger partial charge in [0, 0.05) is 19.3 Å². The van der Waals surface area contributed by atoms with Crippen LogP contribution < -0.4 is 0 Å². The molecule has 0 spiro atoms. The van der Waals surface area contributed by atoms with Gasteiger partial charge in [0.25, 0.3) is 0 Å². The maximum absolute atomic E-state index is 12.9. The third kappa shape index (κ3) is 67.0. The maximum Gasteiger partial charge on any atom is 0.306 e. The van der Waals surface area contributed by atoms with Crippen molar-refractivity contribution in [1.29, 1.82) is 0 Å². The number of allylic oxidation sites excluding steroid dienone is 16. The lowest BCUT2D eigenvalue weighted by atomic mass is 10.0. The van der Waals surface area contributed by atoms with Gasteiger partial charge in [0.2, 0.25) is 0 Å². The minimum absolute atomic E-state index is 0.0895. The highest BCUT2D eigenvalue weighted by Crippen LogP contribution is 2.17. The van der Waals surface area contributed by atoms with Gasteiger partial charge in [-0.05, 0) is 103 Å². The van der Waals surface area contributed by atoms with E-state index in [1.165, 1.54) is 193 Å². The quantitative estimate of drug-likeness (QED) is 0.0261. The van der Waals surface area contributed by atoms with Crippen molar-refractivity contribution in [3.05, 3.63) is 97.2 Å². The molecule has 0 rings (SSSR count). The summed E-state index contributed by atoms with van der Waals surface area (Å²) in [6.07, 6.45) is 92.8. The largest absolute Gasteiger partial charge is 0.462 e. The molecule has 0 aromatic heterocycles. The molecule has 0 aliphatic carbocycles. The van der Waals surface area contributed by atoms with Crippen molar-refractivity contribution in [2.24, 2.45) is 0 Å². The molecule has 0 fully saturated rings. The summed E-state index contributed by atoms with van der Waals surface area (Å²) in [5.41, 5.74) is 0. The van der Waals surface area contributed by atoms with Crippen molar-refractivity contribution in [2.45, 2.75) is 348 Å². The van der Waals surface area contributed by atoms with E-state index in [1.807, 2.05) is 0 Å². The highest BCUT2D eigenvalue weighted by molar-refractivity contribution is 5.71. The molecule has 0 aliphatic heterocycles. The van der Waals surface area contributed by atoms with Gasteiger partial charge in [-0.3, -0.25) is 14.4 Å². The first-order valence-corrected chi connectivity index (χ1v) is 34.7. The molecule has 466 valence electrons. The lowest BCUT2D eigenvalue weighted by Crippen LogP contribution is -2.30. The second-order valence-corrected chi connectivity index (χ2v) is 23.1. The minimum Gasteiger partial charge on any atom is -0.462 e. The molecule has 0 aromatic carbocycles. The fourth-order valence-electron chi connectivity index (χ4n) is 9.89. The van der Waals surface area contributed by atoms with Crippen LogP contribution in [0.5, 0.6) is 0 Å². The Labute approximate surface area is 502 Å². The summed E-state index contributed by atoms with van der Waals surface area (Å²) < 4.78 is 17.0. The molecule has 6 heteroatoms. The van der Waals surface area contributed by atoms with Crippen LogP contribution in [0.25, 0.3) is 0 Å². The van der Waals surface area contributed by atoms with Crippen LogP contribution in [0.15, 0.2) is 97.2 Å². The van der Waals surface area contributed by atoms with E-state index in [0.717, 1.165) is 109 Å². The molecule has 6 nitrogen and oxygen atoms in total. The fraction of sp³-hybridized carbons (Fsp3) is 0.747. The van der Waals surface area contributed by atoms with E-state index in [9.17, 15) is 14.4 Å². The lowest BCUT2D eigenvalue weighted by molar-refractivity contribution is -0.167. The predicted octanol–water partition coefficient (Wildman–Crippen LogP) is 24.0. The van der Waals surface area contributed by atoms with Crippen LogP contribution in [0.2, 0.25) is 0 Å². The Kier molecular flexibility index (Phi) is 65.7. The molecule has 0 aliphatic rings. The van der Waals surface area contributed by atoms with Gasteiger partial charge in [-0.25, -0.2) is 0 Å². The van der Waals surface area contributed by atoms with E-state index in [0.29, 0.717) is 12.8 Å². The summed E-state index contributed by atoms with van der Waals surface area (Å²) >= 11 is 0. The van der Waals surface area contributed by atoms with Gasteiger partial charge in [0.05, 0.1) is 0 Å². The molecular weight excluding hydrogens is 997 g/mol. The van der Waals surface area contributed by atoms with Crippen LogP contribution in [0.1, 0.15) is 342 Å². The number of unbranched alkanes of at least 4 members (excludes halogenated alkanes) is 36. The van der Waals surface area contributed by atoms with E-state index in [2.05, 4.69) is 118 Å². The third-order valence-electron chi connectivity index (χ3n) is 15.1. The molecule has 0 bridgehead atoms. The molecule has 0 saturated heterocycles. The zero-order chi connectivity index (χ0) is 58.5. The first-order valence-electron chi connectivity index (χ1n) is 34.7. The Hall–Kier alpha value is -3.67. The van der Waals surface area contributed by atoms with Gasteiger partial charge in [-0.1, -0.05) is 317 Å². The summed E-state index contributed by atoms with van der Waals surface area (Å²) in [6.45, 7) is 6.53. The normalized spacial score (nSPS) is 12.7. The lowest BCUT2D eigenvalue weighted by Gasteiger charge is -2.18. The van der Waals surface area contributed by atoms with E-state index < -0.39 is 6.10 Å². The van der Waals surface area contributed by atoms with Crippen LogP contribution in [-0.2, 0) is 28.6 Å². The molecule has 0 N–H and O–H groups in total. The number of ether oxygens (including phenoxy) is 3. The molecular formula is C75H130O6. The molecule has 1 atom stereocenters. The van der Waals surface area contributed by atoms with Gasteiger partial charge in [0.15, 0.2) is 6.10 Å².